The molecule has 26 heavy (non-hydrogen) atoms. The molecule has 3 rings (SSSR count). The van der Waals surface area contributed by atoms with Gasteiger partial charge in [-0.2, -0.15) is 0 Å². The number of fused-ring (bicyclic) bond motifs is 1. The Balaban J connectivity index is 2.03. The number of carbonyl (C=O) groups is 1. The number of carbonyl (C=O) groups excluding carboxylic acids is 1. The fourth-order valence-electron chi connectivity index (χ4n) is 2.40. The summed E-state index contributed by atoms with van der Waals surface area (Å²) >= 11 is 2.37. The number of hydrogen-bond acceptors (Lipinski definition) is 6. The van der Waals surface area contributed by atoms with Crippen molar-refractivity contribution in [2.45, 2.75) is 15.5 Å². The van der Waals surface area contributed by atoms with Crippen molar-refractivity contribution in [1.82, 2.24) is 0 Å². The van der Waals surface area contributed by atoms with Crippen LogP contribution in [0.15, 0.2) is 56.9 Å². The summed E-state index contributed by atoms with van der Waals surface area (Å²) in [5.41, 5.74) is 5.52. The summed E-state index contributed by atoms with van der Waals surface area (Å²) in [5, 5.41) is 13.3. The predicted molar refractivity (Wildman–Crippen MR) is 105 cm³/mol. The molecule has 1 aromatic heterocycles. The Labute approximate surface area is 159 Å². The molecule has 1 heterocycles. The van der Waals surface area contributed by atoms with Crippen LogP contribution in [0.3, 0.4) is 0 Å². The molecular weight excluding hydrogens is 392 g/mol. The molecule has 9 heteroatoms. The molecule has 0 spiro atoms. The lowest BCUT2D eigenvalue weighted by Crippen LogP contribution is -2.12. The van der Waals surface area contributed by atoms with Crippen LogP contribution in [0, 0.1) is 0 Å². The van der Waals surface area contributed by atoms with E-state index in [-0.39, 0.29) is 16.4 Å². The number of thiophene rings is 1. The van der Waals surface area contributed by atoms with Crippen molar-refractivity contribution in [3.05, 3.63) is 47.8 Å². The van der Waals surface area contributed by atoms with Gasteiger partial charge in [0.1, 0.15) is 9.96 Å². The van der Waals surface area contributed by atoms with E-state index >= 15 is 0 Å². The third-order valence-electron chi connectivity index (χ3n) is 3.59. The summed E-state index contributed by atoms with van der Waals surface area (Å²) in [6, 6.07) is 11.7. The van der Waals surface area contributed by atoms with E-state index in [0.29, 0.717) is 27.1 Å². The van der Waals surface area contributed by atoms with Crippen LogP contribution in [-0.2, 0) is 14.8 Å². The highest BCUT2D eigenvalue weighted by Gasteiger charge is 2.19. The first kappa shape index (κ1) is 18.6. The van der Waals surface area contributed by atoms with Crippen LogP contribution in [0.4, 0.5) is 5.69 Å². The molecule has 0 aliphatic heterocycles. The van der Waals surface area contributed by atoms with Gasteiger partial charge >= 0.3 is 0 Å². The van der Waals surface area contributed by atoms with Crippen molar-refractivity contribution in [2.24, 2.45) is 5.73 Å². The fraction of sp³-hybridized carbons (Fsp3) is 0.118. The summed E-state index contributed by atoms with van der Waals surface area (Å²) in [7, 11) is -3.72. The molecule has 136 valence electrons. The predicted octanol–water partition coefficient (Wildman–Crippen LogP) is 3.38. The quantitative estimate of drug-likeness (QED) is 0.410. The Morgan fingerprint density at radius 2 is 1.92 bits per heavy atom. The Hall–Kier alpha value is -2.23. The second-order valence-corrected chi connectivity index (χ2v) is 9.41. The van der Waals surface area contributed by atoms with Gasteiger partial charge in [-0.25, -0.2) is 8.42 Å². The highest BCUT2D eigenvalue weighted by molar-refractivity contribution is 7.99. The number of nitrogens with one attached hydrogen (secondary N) is 1. The van der Waals surface area contributed by atoms with Gasteiger partial charge in [-0.15, -0.1) is 23.1 Å². The van der Waals surface area contributed by atoms with Crippen LogP contribution in [0.2, 0.25) is 0 Å². The smallest absolute Gasteiger partial charge is 0.271 e. The number of thioether (sulfide) groups is 1. The lowest BCUT2D eigenvalue weighted by atomic mass is 10.1. The van der Waals surface area contributed by atoms with Crippen LogP contribution in [-0.4, -0.2) is 25.2 Å². The van der Waals surface area contributed by atoms with E-state index < -0.39 is 15.9 Å². The van der Waals surface area contributed by atoms with E-state index in [0.717, 1.165) is 11.3 Å². The Morgan fingerprint density at radius 3 is 2.58 bits per heavy atom. The van der Waals surface area contributed by atoms with E-state index in [1.54, 1.807) is 41.8 Å². The standard InChI is InChI=1S/C17H16N2O4S3/c18-15(20)7-9-24-14-10-13(11-4-1-2-5-12(11)17(14)21)19-26(22,23)16-6-3-8-25-16/h1-6,8,10,19,21H,7,9H2,(H2,18,20). The number of primary amides is 1. The van der Waals surface area contributed by atoms with Gasteiger partial charge < -0.3 is 10.8 Å². The first-order chi connectivity index (χ1) is 12.4. The maximum Gasteiger partial charge on any atom is 0.271 e. The maximum absolute atomic E-state index is 12.6. The number of nitrogens with two attached hydrogens (primary N) is 1. The molecule has 0 atom stereocenters. The van der Waals surface area contributed by atoms with Gasteiger partial charge in [0, 0.05) is 22.9 Å². The summed E-state index contributed by atoms with van der Waals surface area (Å²) in [4.78, 5) is 11.4. The first-order valence-electron chi connectivity index (χ1n) is 7.60. The topological polar surface area (TPSA) is 109 Å². The van der Waals surface area contributed by atoms with Crippen LogP contribution in [0.5, 0.6) is 5.75 Å². The lowest BCUT2D eigenvalue weighted by Gasteiger charge is -2.14. The fourth-order valence-corrected chi connectivity index (χ4v) is 5.44. The van der Waals surface area contributed by atoms with Gasteiger partial charge in [-0.05, 0) is 17.5 Å². The highest BCUT2D eigenvalue weighted by atomic mass is 32.2. The summed E-state index contributed by atoms with van der Waals surface area (Å²) in [6.45, 7) is 0. The molecule has 0 radical (unpaired) electrons. The largest absolute Gasteiger partial charge is 0.506 e. The number of phenols is 1. The Kier molecular flexibility index (Phi) is 5.40. The number of anilines is 1. The molecule has 1 amide bonds. The number of sulfonamides is 1. The molecule has 0 unspecified atom stereocenters. The summed E-state index contributed by atoms with van der Waals surface area (Å²) in [5.74, 6) is 0.00349. The minimum atomic E-state index is -3.72. The number of amides is 1. The van der Waals surface area contributed by atoms with Gasteiger partial charge in [-0.3, -0.25) is 9.52 Å². The summed E-state index contributed by atoms with van der Waals surface area (Å²) in [6.07, 6.45) is 0.160. The third-order valence-corrected chi connectivity index (χ3v) is 7.38. The maximum atomic E-state index is 12.6. The molecule has 0 aliphatic rings. The third kappa shape index (κ3) is 3.95. The van der Waals surface area contributed by atoms with Crippen LogP contribution >= 0.6 is 23.1 Å². The molecular formula is C17H16N2O4S3. The molecule has 0 bridgehead atoms. The van der Waals surface area contributed by atoms with E-state index in [1.165, 1.54) is 17.8 Å². The second-order valence-electron chi connectivity index (χ2n) is 5.42. The average Bonchev–Trinajstić information content (AvgIpc) is 3.14. The molecule has 0 saturated heterocycles. The average molecular weight is 409 g/mol. The zero-order valence-electron chi connectivity index (χ0n) is 13.5. The van der Waals surface area contributed by atoms with Crippen molar-refractivity contribution in [3.63, 3.8) is 0 Å². The van der Waals surface area contributed by atoms with Gasteiger partial charge in [0.2, 0.25) is 5.91 Å². The van der Waals surface area contributed by atoms with Gasteiger partial charge in [0.15, 0.2) is 0 Å². The van der Waals surface area contributed by atoms with E-state index in [1.807, 2.05) is 0 Å². The van der Waals surface area contributed by atoms with Crippen LogP contribution < -0.4 is 10.5 Å². The van der Waals surface area contributed by atoms with Crippen molar-refractivity contribution >= 4 is 55.5 Å². The zero-order chi connectivity index (χ0) is 18.7. The molecule has 4 N–H and O–H groups in total. The zero-order valence-corrected chi connectivity index (χ0v) is 16.0. The van der Waals surface area contributed by atoms with Crippen molar-refractivity contribution < 1.29 is 18.3 Å². The monoisotopic (exact) mass is 408 g/mol. The van der Waals surface area contributed by atoms with E-state index in [9.17, 15) is 18.3 Å². The molecule has 6 nitrogen and oxygen atoms in total. The van der Waals surface area contributed by atoms with E-state index in [4.69, 9.17) is 5.73 Å². The normalized spacial score (nSPS) is 11.5. The molecule has 3 aromatic rings. The number of benzene rings is 2. The minimum Gasteiger partial charge on any atom is -0.506 e. The Bertz CT molecular complexity index is 1050. The van der Waals surface area contributed by atoms with E-state index in [2.05, 4.69) is 4.72 Å². The number of rotatable bonds is 7. The van der Waals surface area contributed by atoms with Gasteiger partial charge in [0.25, 0.3) is 10.0 Å². The van der Waals surface area contributed by atoms with Gasteiger partial charge in [0.05, 0.1) is 10.6 Å². The molecule has 0 aliphatic carbocycles. The highest BCUT2D eigenvalue weighted by Crippen LogP contribution is 2.40. The number of hydrogen-bond donors (Lipinski definition) is 3. The molecule has 0 saturated carbocycles. The summed E-state index contributed by atoms with van der Waals surface area (Å²) < 4.78 is 28.0. The minimum absolute atomic E-state index is 0.0501. The van der Waals surface area contributed by atoms with Crippen molar-refractivity contribution in [1.29, 1.82) is 0 Å². The first-order valence-corrected chi connectivity index (χ1v) is 11.0. The number of aromatic hydroxyl groups is 1. The van der Waals surface area contributed by atoms with Crippen LogP contribution in [0.1, 0.15) is 6.42 Å². The molecule has 0 fully saturated rings. The van der Waals surface area contributed by atoms with Crippen LogP contribution in [0.25, 0.3) is 10.8 Å². The number of phenolic OH excluding ortho intramolecular Hbond substituents is 1. The molecule has 2 aromatic carbocycles. The second kappa shape index (κ2) is 7.56. The SMILES string of the molecule is NC(=O)CCSc1cc(NS(=O)(=O)c2cccs2)c2ccccc2c1O. The van der Waals surface area contributed by atoms with Gasteiger partial charge in [-0.1, -0.05) is 30.3 Å². The lowest BCUT2D eigenvalue weighted by molar-refractivity contribution is -0.117. The van der Waals surface area contributed by atoms with Crippen molar-refractivity contribution in [3.8, 4) is 5.75 Å². The Morgan fingerprint density at radius 1 is 1.19 bits per heavy atom. The van der Waals surface area contributed by atoms with Crippen molar-refractivity contribution in [2.75, 3.05) is 10.5 Å².